The summed E-state index contributed by atoms with van der Waals surface area (Å²) >= 11 is 10.9. The second-order valence-corrected chi connectivity index (χ2v) is 5.77. The highest BCUT2D eigenvalue weighted by molar-refractivity contribution is 7.80. The lowest BCUT2D eigenvalue weighted by molar-refractivity contribution is 0.712. The molecule has 0 saturated carbocycles. The second-order valence-electron chi connectivity index (χ2n) is 4.90. The maximum Gasteiger partial charge on any atom is 0.226 e. The monoisotopic (exact) mass is 320 g/mol. The standard InChI is InChI=1S/C15H17ClN4S/c1-9-8-13(14(17)21)19-15(18-9)20(3)10(2)11-4-6-12(16)7-5-11/h4-8,10H,1-3H3,(H2,17,21). The zero-order valence-corrected chi connectivity index (χ0v) is 13.7. The molecule has 0 aliphatic carbocycles. The predicted octanol–water partition coefficient (Wildman–Crippen LogP) is 3.27. The van der Waals surface area contributed by atoms with Gasteiger partial charge in [-0.3, -0.25) is 0 Å². The molecule has 110 valence electrons. The fourth-order valence-corrected chi connectivity index (χ4v) is 2.21. The van der Waals surface area contributed by atoms with Crippen molar-refractivity contribution in [1.29, 1.82) is 0 Å². The number of nitrogens with zero attached hydrogens (tertiary/aromatic N) is 3. The zero-order chi connectivity index (χ0) is 15.6. The predicted molar refractivity (Wildman–Crippen MR) is 90.9 cm³/mol. The molecule has 1 aromatic carbocycles. The van der Waals surface area contributed by atoms with Crippen molar-refractivity contribution in [3.05, 3.63) is 52.3 Å². The summed E-state index contributed by atoms with van der Waals surface area (Å²) in [6.45, 7) is 3.98. The molecule has 6 heteroatoms. The second kappa shape index (κ2) is 6.37. The number of hydrogen-bond acceptors (Lipinski definition) is 4. The number of hydrogen-bond donors (Lipinski definition) is 1. The van der Waals surface area contributed by atoms with Gasteiger partial charge in [-0.25, -0.2) is 9.97 Å². The summed E-state index contributed by atoms with van der Waals surface area (Å²) in [5, 5.41) is 0.719. The lowest BCUT2D eigenvalue weighted by atomic mass is 10.1. The summed E-state index contributed by atoms with van der Waals surface area (Å²) in [6.07, 6.45) is 0. The van der Waals surface area contributed by atoms with E-state index in [9.17, 15) is 0 Å². The number of rotatable bonds is 4. The smallest absolute Gasteiger partial charge is 0.226 e. The molecular weight excluding hydrogens is 304 g/mol. The summed E-state index contributed by atoms with van der Waals surface area (Å²) in [4.78, 5) is 11.1. The van der Waals surface area contributed by atoms with Crippen LogP contribution in [0.25, 0.3) is 0 Å². The van der Waals surface area contributed by atoms with E-state index in [1.165, 1.54) is 0 Å². The number of aryl methyl sites for hydroxylation is 1. The Morgan fingerprint density at radius 3 is 2.48 bits per heavy atom. The van der Waals surface area contributed by atoms with Crippen molar-refractivity contribution in [3.8, 4) is 0 Å². The lowest BCUT2D eigenvalue weighted by Gasteiger charge is -2.26. The van der Waals surface area contributed by atoms with Crippen LogP contribution in [-0.4, -0.2) is 22.0 Å². The van der Waals surface area contributed by atoms with E-state index in [0.29, 0.717) is 11.6 Å². The number of thiocarbonyl (C=S) groups is 1. The summed E-state index contributed by atoms with van der Waals surface area (Å²) in [6, 6.07) is 9.62. The highest BCUT2D eigenvalue weighted by atomic mass is 35.5. The molecule has 0 bridgehead atoms. The summed E-state index contributed by atoms with van der Waals surface area (Å²) in [5.74, 6) is 0.597. The molecule has 0 aliphatic heterocycles. The first kappa shape index (κ1) is 15.7. The van der Waals surface area contributed by atoms with Crippen LogP contribution in [0.3, 0.4) is 0 Å². The zero-order valence-electron chi connectivity index (χ0n) is 12.2. The Labute approximate surface area is 135 Å². The third kappa shape index (κ3) is 3.68. The fourth-order valence-electron chi connectivity index (χ4n) is 1.97. The van der Waals surface area contributed by atoms with Crippen molar-refractivity contribution in [2.75, 3.05) is 11.9 Å². The van der Waals surface area contributed by atoms with Crippen LogP contribution < -0.4 is 10.6 Å². The summed E-state index contributed by atoms with van der Waals surface area (Å²) in [7, 11) is 1.94. The van der Waals surface area contributed by atoms with Gasteiger partial charge in [0, 0.05) is 17.8 Å². The molecule has 0 fully saturated rings. The quantitative estimate of drug-likeness (QED) is 0.876. The number of halogens is 1. The van der Waals surface area contributed by atoms with Gasteiger partial charge in [0.25, 0.3) is 0 Å². The van der Waals surface area contributed by atoms with Gasteiger partial charge < -0.3 is 10.6 Å². The summed E-state index contributed by atoms with van der Waals surface area (Å²) in [5.41, 5.74) is 8.21. The normalized spacial score (nSPS) is 12.0. The van der Waals surface area contributed by atoms with E-state index >= 15 is 0 Å². The molecule has 1 aromatic heterocycles. The van der Waals surface area contributed by atoms with Crippen molar-refractivity contribution < 1.29 is 0 Å². The first-order valence-corrected chi connectivity index (χ1v) is 7.31. The lowest BCUT2D eigenvalue weighted by Crippen LogP contribution is -2.25. The third-order valence-corrected chi connectivity index (χ3v) is 3.80. The number of benzene rings is 1. The molecule has 0 aliphatic rings. The first-order chi connectivity index (χ1) is 9.88. The highest BCUT2D eigenvalue weighted by Gasteiger charge is 2.16. The van der Waals surface area contributed by atoms with Crippen LogP contribution in [0.2, 0.25) is 5.02 Å². The van der Waals surface area contributed by atoms with Crippen molar-refractivity contribution in [1.82, 2.24) is 9.97 Å². The number of nitrogens with two attached hydrogens (primary N) is 1. The van der Waals surface area contributed by atoms with Gasteiger partial charge in [0.15, 0.2) is 0 Å². The van der Waals surface area contributed by atoms with E-state index in [-0.39, 0.29) is 11.0 Å². The van der Waals surface area contributed by atoms with Gasteiger partial charge in [-0.2, -0.15) is 0 Å². The number of anilines is 1. The van der Waals surface area contributed by atoms with Crippen LogP contribution in [0.5, 0.6) is 0 Å². The average Bonchev–Trinajstić information content (AvgIpc) is 2.45. The molecule has 0 spiro atoms. The molecule has 1 heterocycles. The molecule has 0 radical (unpaired) electrons. The molecule has 0 saturated heterocycles. The van der Waals surface area contributed by atoms with Crippen LogP contribution >= 0.6 is 23.8 Å². The Morgan fingerprint density at radius 1 is 1.29 bits per heavy atom. The van der Waals surface area contributed by atoms with E-state index in [1.54, 1.807) is 6.07 Å². The summed E-state index contributed by atoms with van der Waals surface area (Å²) < 4.78 is 0. The van der Waals surface area contributed by atoms with Gasteiger partial charge in [-0.05, 0) is 37.6 Å². The molecule has 1 atom stereocenters. The Morgan fingerprint density at radius 2 is 1.90 bits per heavy atom. The van der Waals surface area contributed by atoms with Crippen LogP contribution in [-0.2, 0) is 0 Å². The first-order valence-electron chi connectivity index (χ1n) is 6.52. The average molecular weight is 321 g/mol. The van der Waals surface area contributed by atoms with Crippen LogP contribution in [0, 0.1) is 6.92 Å². The Hall–Kier alpha value is -1.72. The highest BCUT2D eigenvalue weighted by Crippen LogP contribution is 2.24. The van der Waals surface area contributed by atoms with Gasteiger partial charge in [-0.1, -0.05) is 36.0 Å². The van der Waals surface area contributed by atoms with Crippen molar-refractivity contribution in [3.63, 3.8) is 0 Å². The van der Waals surface area contributed by atoms with Gasteiger partial charge in [0.05, 0.1) is 6.04 Å². The number of aromatic nitrogens is 2. The molecule has 2 rings (SSSR count). The van der Waals surface area contributed by atoms with Crippen molar-refractivity contribution >= 4 is 34.8 Å². The van der Waals surface area contributed by atoms with E-state index in [1.807, 2.05) is 43.1 Å². The third-order valence-electron chi connectivity index (χ3n) is 3.34. The van der Waals surface area contributed by atoms with Gasteiger partial charge in [0.2, 0.25) is 5.95 Å². The van der Waals surface area contributed by atoms with E-state index in [4.69, 9.17) is 29.6 Å². The molecule has 2 N–H and O–H groups in total. The topological polar surface area (TPSA) is 55.0 Å². The SMILES string of the molecule is Cc1cc(C(N)=S)nc(N(C)C(C)c2ccc(Cl)cc2)n1. The largest absolute Gasteiger partial charge is 0.388 e. The van der Waals surface area contributed by atoms with Gasteiger partial charge in [0.1, 0.15) is 10.7 Å². The molecule has 1 unspecified atom stereocenters. The van der Waals surface area contributed by atoms with Crippen LogP contribution in [0.15, 0.2) is 30.3 Å². The van der Waals surface area contributed by atoms with E-state index in [2.05, 4.69) is 16.9 Å². The maximum absolute atomic E-state index is 5.92. The van der Waals surface area contributed by atoms with Gasteiger partial charge in [-0.15, -0.1) is 0 Å². The van der Waals surface area contributed by atoms with Crippen LogP contribution in [0.1, 0.15) is 29.9 Å². The molecule has 2 aromatic rings. The minimum atomic E-state index is 0.100. The van der Waals surface area contributed by atoms with E-state index < -0.39 is 0 Å². The Kier molecular flexibility index (Phi) is 4.75. The van der Waals surface area contributed by atoms with Crippen molar-refractivity contribution in [2.24, 2.45) is 5.73 Å². The molecule has 0 amide bonds. The van der Waals surface area contributed by atoms with Crippen molar-refractivity contribution in [2.45, 2.75) is 19.9 Å². The molecule has 4 nitrogen and oxygen atoms in total. The van der Waals surface area contributed by atoms with Crippen LogP contribution in [0.4, 0.5) is 5.95 Å². The minimum absolute atomic E-state index is 0.100. The Bertz CT molecular complexity index is 657. The fraction of sp³-hybridized carbons (Fsp3) is 0.267. The molecule has 21 heavy (non-hydrogen) atoms. The maximum atomic E-state index is 5.92. The Balaban J connectivity index is 2.32. The molecular formula is C15H17ClN4S. The van der Waals surface area contributed by atoms with E-state index in [0.717, 1.165) is 16.3 Å². The minimum Gasteiger partial charge on any atom is -0.388 e. The van der Waals surface area contributed by atoms with Gasteiger partial charge >= 0.3 is 0 Å².